The molecule has 2 aliphatic rings. The van der Waals surface area contributed by atoms with Gasteiger partial charge in [0.15, 0.2) is 10.9 Å². The normalized spacial score (nSPS) is 18.8. The number of carbonyl (C=O) groups is 2. The van der Waals surface area contributed by atoms with Crippen molar-refractivity contribution < 1.29 is 23.1 Å². The zero-order chi connectivity index (χ0) is 19.8. The van der Waals surface area contributed by atoms with Gasteiger partial charge >= 0.3 is 6.03 Å². The van der Waals surface area contributed by atoms with Gasteiger partial charge in [0.1, 0.15) is 17.9 Å². The third-order valence-corrected chi connectivity index (χ3v) is 6.24. The molecule has 2 fully saturated rings. The minimum atomic E-state index is -0.662. The first-order valence-electron chi connectivity index (χ1n) is 9.08. The van der Waals surface area contributed by atoms with Crippen LogP contribution < -0.4 is 4.90 Å². The van der Waals surface area contributed by atoms with Gasteiger partial charge in [-0.2, -0.15) is 0 Å². The van der Waals surface area contributed by atoms with Crippen LogP contribution in [0.3, 0.4) is 0 Å². The monoisotopic (exact) mass is 410 g/mol. The van der Waals surface area contributed by atoms with Gasteiger partial charge in [0, 0.05) is 32.3 Å². The van der Waals surface area contributed by atoms with Crippen LogP contribution in [0.2, 0.25) is 0 Å². The smallest absolute Gasteiger partial charge is 0.327 e. The van der Waals surface area contributed by atoms with Crippen molar-refractivity contribution in [1.29, 1.82) is 0 Å². The molecule has 2 aromatic rings. The summed E-state index contributed by atoms with van der Waals surface area (Å²) < 4.78 is 32.7. The van der Waals surface area contributed by atoms with E-state index >= 15 is 0 Å². The molecule has 3 heterocycles. The van der Waals surface area contributed by atoms with Crippen LogP contribution in [-0.2, 0) is 9.53 Å². The minimum absolute atomic E-state index is 0.0243. The van der Waals surface area contributed by atoms with Gasteiger partial charge in [-0.25, -0.2) is 18.6 Å². The third kappa shape index (κ3) is 3.42. The zero-order valence-electron chi connectivity index (χ0n) is 15.4. The van der Waals surface area contributed by atoms with E-state index in [0.717, 1.165) is 6.07 Å². The number of amides is 3. The van der Waals surface area contributed by atoms with Crippen molar-refractivity contribution in [1.82, 2.24) is 14.8 Å². The predicted molar refractivity (Wildman–Crippen MR) is 100 cm³/mol. The Kier molecular flexibility index (Phi) is 5.15. The molecule has 0 N–H and O–H groups in total. The van der Waals surface area contributed by atoms with Crippen LogP contribution in [0.25, 0.3) is 10.2 Å². The molecule has 2 saturated heterocycles. The number of rotatable bonds is 5. The summed E-state index contributed by atoms with van der Waals surface area (Å²) in [5.74, 6) is -1.48. The Hall–Kier alpha value is -2.33. The number of urea groups is 1. The lowest BCUT2D eigenvalue weighted by atomic mass is 10.0. The minimum Gasteiger partial charge on any atom is -0.383 e. The van der Waals surface area contributed by atoms with E-state index in [1.807, 2.05) is 4.90 Å². The average molecular weight is 410 g/mol. The van der Waals surface area contributed by atoms with E-state index < -0.39 is 11.6 Å². The highest BCUT2D eigenvalue weighted by molar-refractivity contribution is 7.22. The molecular weight excluding hydrogens is 390 g/mol. The lowest BCUT2D eigenvalue weighted by molar-refractivity contribution is -0.125. The first kappa shape index (κ1) is 19.0. The van der Waals surface area contributed by atoms with E-state index in [1.54, 1.807) is 4.90 Å². The topological polar surface area (TPSA) is 66.0 Å². The summed E-state index contributed by atoms with van der Waals surface area (Å²) in [4.78, 5) is 33.8. The number of hydrogen-bond donors (Lipinski definition) is 0. The molecule has 1 aromatic heterocycles. The molecule has 10 heteroatoms. The van der Waals surface area contributed by atoms with Gasteiger partial charge in [-0.05, 0) is 18.9 Å². The van der Waals surface area contributed by atoms with E-state index in [4.69, 9.17) is 4.74 Å². The summed E-state index contributed by atoms with van der Waals surface area (Å²) in [5, 5.41) is 0.642. The number of carbonyl (C=O) groups excluding carboxylic acids is 2. The van der Waals surface area contributed by atoms with Crippen molar-refractivity contribution in [3.63, 3.8) is 0 Å². The van der Waals surface area contributed by atoms with Crippen molar-refractivity contribution in [2.24, 2.45) is 0 Å². The molecule has 0 bridgehead atoms. The predicted octanol–water partition coefficient (Wildman–Crippen LogP) is 2.45. The molecule has 0 saturated carbocycles. The third-order valence-electron chi connectivity index (χ3n) is 5.18. The van der Waals surface area contributed by atoms with Gasteiger partial charge < -0.3 is 14.5 Å². The van der Waals surface area contributed by atoms with Gasteiger partial charge in [-0.15, -0.1) is 0 Å². The summed E-state index contributed by atoms with van der Waals surface area (Å²) in [5.41, 5.74) is 0.178. The number of hydrogen-bond acceptors (Lipinski definition) is 6. The maximum absolute atomic E-state index is 13.9. The standard InChI is InChI=1S/C18H20F2N4O3S/c1-27-7-6-23-15(25)10-24(18(23)26)12-2-4-22(5-3-12)17-21-16-13(20)8-11(19)9-14(16)28-17/h8-9,12H,2-7,10H2,1H3. The maximum Gasteiger partial charge on any atom is 0.327 e. The van der Waals surface area contributed by atoms with Crippen LogP contribution >= 0.6 is 11.3 Å². The second-order valence-corrected chi connectivity index (χ2v) is 7.91. The lowest BCUT2D eigenvalue weighted by Crippen LogP contribution is -2.46. The van der Waals surface area contributed by atoms with E-state index in [-0.39, 0.29) is 36.6 Å². The largest absolute Gasteiger partial charge is 0.383 e. The quantitative estimate of drug-likeness (QED) is 0.709. The number of thiazole rings is 1. The van der Waals surface area contributed by atoms with Crippen molar-refractivity contribution in [2.75, 3.05) is 44.8 Å². The Bertz CT molecular complexity index is 914. The maximum atomic E-state index is 13.9. The Morgan fingerprint density at radius 2 is 2.00 bits per heavy atom. The zero-order valence-corrected chi connectivity index (χ0v) is 16.2. The number of halogens is 2. The number of piperidine rings is 1. The SMILES string of the molecule is COCCN1C(=O)CN(C2CCN(c3nc4c(F)cc(F)cc4s3)CC2)C1=O. The molecule has 2 aliphatic heterocycles. The van der Waals surface area contributed by atoms with Crippen molar-refractivity contribution in [3.05, 3.63) is 23.8 Å². The number of fused-ring (bicyclic) bond motifs is 1. The Morgan fingerprint density at radius 3 is 2.71 bits per heavy atom. The molecule has 0 unspecified atom stereocenters. The van der Waals surface area contributed by atoms with Gasteiger partial charge in [0.05, 0.1) is 17.9 Å². The molecule has 0 radical (unpaired) electrons. The molecular formula is C18H20F2N4O3S. The van der Waals surface area contributed by atoms with Crippen LogP contribution in [0.4, 0.5) is 18.7 Å². The number of anilines is 1. The fourth-order valence-corrected chi connectivity index (χ4v) is 4.75. The van der Waals surface area contributed by atoms with E-state index in [0.29, 0.717) is 42.4 Å². The fraction of sp³-hybridized carbons (Fsp3) is 0.500. The Labute approximate surface area is 164 Å². The van der Waals surface area contributed by atoms with Crippen molar-refractivity contribution in [2.45, 2.75) is 18.9 Å². The van der Waals surface area contributed by atoms with Crippen LogP contribution in [0.5, 0.6) is 0 Å². The van der Waals surface area contributed by atoms with Crippen molar-refractivity contribution >= 4 is 38.6 Å². The van der Waals surface area contributed by atoms with Crippen LogP contribution in [-0.4, -0.2) is 72.7 Å². The summed E-state index contributed by atoms with van der Waals surface area (Å²) >= 11 is 1.25. The molecule has 28 heavy (non-hydrogen) atoms. The first-order valence-corrected chi connectivity index (χ1v) is 9.90. The molecule has 0 atom stereocenters. The fourth-order valence-electron chi connectivity index (χ4n) is 3.70. The second-order valence-electron chi connectivity index (χ2n) is 6.90. The Morgan fingerprint density at radius 1 is 1.25 bits per heavy atom. The van der Waals surface area contributed by atoms with Crippen LogP contribution in [0.15, 0.2) is 12.1 Å². The highest BCUT2D eigenvalue weighted by Gasteiger charge is 2.40. The van der Waals surface area contributed by atoms with Gasteiger partial charge in [0.2, 0.25) is 5.91 Å². The highest BCUT2D eigenvalue weighted by atomic mass is 32.1. The summed E-state index contributed by atoms with van der Waals surface area (Å²) in [6.07, 6.45) is 1.37. The first-order chi connectivity index (χ1) is 13.5. The molecule has 4 rings (SSSR count). The van der Waals surface area contributed by atoms with Gasteiger partial charge in [-0.3, -0.25) is 9.69 Å². The van der Waals surface area contributed by atoms with Gasteiger partial charge in [0.25, 0.3) is 0 Å². The molecule has 7 nitrogen and oxygen atoms in total. The molecule has 0 aliphatic carbocycles. The average Bonchev–Trinajstić information content (AvgIpc) is 3.22. The number of ether oxygens (including phenoxy) is 1. The number of nitrogens with zero attached hydrogens (tertiary/aromatic N) is 4. The summed E-state index contributed by atoms with van der Waals surface area (Å²) in [6.45, 7) is 1.93. The summed E-state index contributed by atoms with van der Waals surface area (Å²) in [6, 6.07) is 1.83. The second kappa shape index (κ2) is 7.59. The molecule has 150 valence electrons. The van der Waals surface area contributed by atoms with E-state index in [9.17, 15) is 18.4 Å². The lowest BCUT2D eigenvalue weighted by Gasteiger charge is -2.36. The van der Waals surface area contributed by atoms with Gasteiger partial charge in [-0.1, -0.05) is 11.3 Å². The van der Waals surface area contributed by atoms with Crippen LogP contribution in [0, 0.1) is 11.6 Å². The van der Waals surface area contributed by atoms with Crippen molar-refractivity contribution in [3.8, 4) is 0 Å². The molecule has 0 spiro atoms. The van der Waals surface area contributed by atoms with E-state index in [1.165, 1.54) is 29.4 Å². The molecule has 3 amide bonds. The number of benzene rings is 1. The number of aromatic nitrogens is 1. The summed E-state index contributed by atoms with van der Waals surface area (Å²) in [7, 11) is 1.53. The number of methoxy groups -OCH3 is 1. The highest BCUT2D eigenvalue weighted by Crippen LogP contribution is 2.33. The molecule has 1 aromatic carbocycles. The van der Waals surface area contributed by atoms with Crippen LogP contribution in [0.1, 0.15) is 12.8 Å². The van der Waals surface area contributed by atoms with E-state index in [2.05, 4.69) is 4.98 Å². The number of imide groups is 1. The Balaban J connectivity index is 1.42.